The van der Waals surface area contributed by atoms with Gasteiger partial charge in [0.05, 0.1) is 18.7 Å². The molecule has 2 amide bonds. The Hall–Kier alpha value is -2.32. The molecule has 0 heterocycles. The SMILES string of the molecule is Cc1ccc(C(=O)NCC(=O)NC2CC2)c(C#CCN)c1. The second-order valence-electron chi connectivity index (χ2n) is 5.08. The van der Waals surface area contributed by atoms with E-state index in [1.807, 2.05) is 19.1 Å². The molecule has 21 heavy (non-hydrogen) atoms. The van der Waals surface area contributed by atoms with Gasteiger partial charge in [0.15, 0.2) is 0 Å². The summed E-state index contributed by atoms with van der Waals surface area (Å²) in [7, 11) is 0. The van der Waals surface area contributed by atoms with Crippen molar-refractivity contribution in [2.24, 2.45) is 5.73 Å². The number of hydrogen-bond acceptors (Lipinski definition) is 3. The first-order valence-electron chi connectivity index (χ1n) is 6.97. The summed E-state index contributed by atoms with van der Waals surface area (Å²) in [4.78, 5) is 23.7. The molecule has 5 nitrogen and oxygen atoms in total. The van der Waals surface area contributed by atoms with Crippen molar-refractivity contribution < 1.29 is 9.59 Å². The molecule has 2 rings (SSSR count). The minimum Gasteiger partial charge on any atom is -0.352 e. The molecule has 1 aliphatic rings. The first-order valence-corrected chi connectivity index (χ1v) is 6.97. The van der Waals surface area contributed by atoms with E-state index in [-0.39, 0.29) is 24.9 Å². The molecule has 1 aliphatic carbocycles. The second kappa shape index (κ2) is 6.91. The van der Waals surface area contributed by atoms with Crippen molar-refractivity contribution in [2.45, 2.75) is 25.8 Å². The number of amides is 2. The molecule has 0 bridgehead atoms. The zero-order chi connectivity index (χ0) is 15.2. The Bertz CT molecular complexity index is 610. The summed E-state index contributed by atoms with van der Waals surface area (Å²) in [5, 5.41) is 5.44. The third-order valence-corrected chi connectivity index (χ3v) is 3.10. The van der Waals surface area contributed by atoms with Gasteiger partial charge in [-0.2, -0.15) is 0 Å². The van der Waals surface area contributed by atoms with Crippen LogP contribution in [0.5, 0.6) is 0 Å². The van der Waals surface area contributed by atoms with Gasteiger partial charge in [0, 0.05) is 11.6 Å². The van der Waals surface area contributed by atoms with E-state index in [0.29, 0.717) is 17.2 Å². The Balaban J connectivity index is 2.01. The smallest absolute Gasteiger partial charge is 0.252 e. The van der Waals surface area contributed by atoms with Crippen molar-refractivity contribution in [1.29, 1.82) is 0 Å². The normalized spacial score (nSPS) is 13.0. The fraction of sp³-hybridized carbons (Fsp3) is 0.375. The van der Waals surface area contributed by atoms with Crippen LogP contribution >= 0.6 is 0 Å². The predicted molar refractivity (Wildman–Crippen MR) is 80.6 cm³/mol. The van der Waals surface area contributed by atoms with E-state index < -0.39 is 0 Å². The second-order valence-corrected chi connectivity index (χ2v) is 5.08. The van der Waals surface area contributed by atoms with Gasteiger partial charge in [0.1, 0.15) is 0 Å². The van der Waals surface area contributed by atoms with Crippen molar-refractivity contribution in [1.82, 2.24) is 10.6 Å². The maximum atomic E-state index is 12.2. The van der Waals surface area contributed by atoms with Crippen LogP contribution in [0.3, 0.4) is 0 Å². The minimum atomic E-state index is -0.303. The summed E-state index contributed by atoms with van der Waals surface area (Å²) < 4.78 is 0. The summed E-state index contributed by atoms with van der Waals surface area (Å²) in [6.07, 6.45) is 2.05. The summed E-state index contributed by atoms with van der Waals surface area (Å²) in [6, 6.07) is 5.68. The lowest BCUT2D eigenvalue weighted by atomic mass is 10.0. The van der Waals surface area contributed by atoms with Gasteiger partial charge in [-0.15, -0.1) is 0 Å². The molecule has 4 N–H and O–H groups in total. The molecule has 0 unspecified atom stereocenters. The largest absolute Gasteiger partial charge is 0.352 e. The molecule has 1 aromatic rings. The molecule has 1 aromatic carbocycles. The Labute approximate surface area is 124 Å². The van der Waals surface area contributed by atoms with Crippen molar-refractivity contribution >= 4 is 11.8 Å². The lowest BCUT2D eigenvalue weighted by Gasteiger charge is -2.08. The number of hydrogen-bond donors (Lipinski definition) is 3. The highest BCUT2D eigenvalue weighted by Crippen LogP contribution is 2.18. The number of nitrogens with one attached hydrogen (secondary N) is 2. The van der Waals surface area contributed by atoms with Crippen molar-refractivity contribution in [3.8, 4) is 11.8 Å². The molecule has 110 valence electrons. The molecule has 1 fully saturated rings. The molecule has 0 aromatic heterocycles. The number of nitrogens with two attached hydrogens (primary N) is 1. The number of carbonyl (C=O) groups excluding carboxylic acids is 2. The first-order chi connectivity index (χ1) is 10.1. The van der Waals surface area contributed by atoms with Crippen LogP contribution in [0.15, 0.2) is 18.2 Å². The Morgan fingerprint density at radius 3 is 2.81 bits per heavy atom. The predicted octanol–water partition coefficient (Wildman–Crippen LogP) is 0.314. The molecule has 0 aliphatic heterocycles. The summed E-state index contributed by atoms with van der Waals surface area (Å²) in [5.41, 5.74) is 7.46. The van der Waals surface area contributed by atoms with E-state index in [1.54, 1.807) is 6.07 Å². The topological polar surface area (TPSA) is 84.2 Å². The van der Waals surface area contributed by atoms with Gasteiger partial charge in [-0.05, 0) is 37.5 Å². The van der Waals surface area contributed by atoms with E-state index in [9.17, 15) is 9.59 Å². The Morgan fingerprint density at radius 1 is 1.38 bits per heavy atom. The van der Waals surface area contributed by atoms with E-state index in [2.05, 4.69) is 22.5 Å². The van der Waals surface area contributed by atoms with Crippen LogP contribution in [0.25, 0.3) is 0 Å². The van der Waals surface area contributed by atoms with E-state index in [1.165, 1.54) is 0 Å². The van der Waals surface area contributed by atoms with Gasteiger partial charge in [-0.1, -0.05) is 17.9 Å². The molecule has 5 heteroatoms. The van der Waals surface area contributed by atoms with Crippen molar-refractivity contribution in [2.75, 3.05) is 13.1 Å². The summed E-state index contributed by atoms with van der Waals surface area (Å²) >= 11 is 0. The molecule has 0 radical (unpaired) electrons. The van der Waals surface area contributed by atoms with Gasteiger partial charge in [0.2, 0.25) is 5.91 Å². The molecule has 0 atom stereocenters. The van der Waals surface area contributed by atoms with Crippen molar-refractivity contribution in [3.05, 3.63) is 34.9 Å². The summed E-state index contributed by atoms with van der Waals surface area (Å²) in [5.74, 6) is 5.17. The standard InChI is InChI=1S/C16H19N3O2/c1-11-4-7-14(12(9-11)3-2-8-17)16(21)18-10-15(20)19-13-5-6-13/h4,7,9,13H,5-6,8,10,17H2,1H3,(H,18,21)(H,19,20). The maximum Gasteiger partial charge on any atom is 0.252 e. The van der Waals surface area contributed by atoms with Crippen LogP contribution in [0, 0.1) is 18.8 Å². The monoisotopic (exact) mass is 285 g/mol. The molecule has 0 spiro atoms. The highest BCUT2D eigenvalue weighted by molar-refractivity contribution is 5.98. The maximum absolute atomic E-state index is 12.2. The van der Waals surface area contributed by atoms with Crippen LogP contribution in [-0.4, -0.2) is 30.9 Å². The van der Waals surface area contributed by atoms with Crippen molar-refractivity contribution in [3.63, 3.8) is 0 Å². The van der Waals surface area contributed by atoms with Gasteiger partial charge >= 0.3 is 0 Å². The fourth-order valence-electron chi connectivity index (χ4n) is 1.87. The number of carbonyl (C=O) groups is 2. The quantitative estimate of drug-likeness (QED) is 0.696. The van der Waals surface area contributed by atoms with Crippen LogP contribution in [0.1, 0.15) is 34.3 Å². The summed E-state index contributed by atoms with van der Waals surface area (Å²) in [6.45, 7) is 2.14. The average Bonchev–Trinajstić information content (AvgIpc) is 3.26. The third kappa shape index (κ3) is 4.62. The first kappa shape index (κ1) is 15.1. The van der Waals surface area contributed by atoms with E-state index >= 15 is 0 Å². The lowest BCUT2D eigenvalue weighted by molar-refractivity contribution is -0.120. The molecule has 1 saturated carbocycles. The average molecular weight is 285 g/mol. The zero-order valence-electron chi connectivity index (χ0n) is 12.0. The fourth-order valence-corrected chi connectivity index (χ4v) is 1.87. The highest BCUT2D eigenvalue weighted by Gasteiger charge is 2.23. The van der Waals surface area contributed by atoms with Crippen LogP contribution in [0.4, 0.5) is 0 Å². The van der Waals surface area contributed by atoms with Gasteiger partial charge < -0.3 is 16.4 Å². The molecular formula is C16H19N3O2. The third-order valence-electron chi connectivity index (χ3n) is 3.10. The lowest BCUT2D eigenvalue weighted by Crippen LogP contribution is -2.38. The Kier molecular flexibility index (Phi) is 4.96. The van der Waals surface area contributed by atoms with Crippen LogP contribution in [0.2, 0.25) is 0 Å². The molecular weight excluding hydrogens is 266 g/mol. The van der Waals surface area contributed by atoms with Gasteiger partial charge in [-0.3, -0.25) is 9.59 Å². The van der Waals surface area contributed by atoms with E-state index in [4.69, 9.17) is 5.73 Å². The minimum absolute atomic E-state index is 0.0209. The van der Waals surface area contributed by atoms with Gasteiger partial charge in [-0.25, -0.2) is 0 Å². The zero-order valence-corrected chi connectivity index (χ0v) is 12.0. The van der Waals surface area contributed by atoms with Crippen LogP contribution < -0.4 is 16.4 Å². The Morgan fingerprint density at radius 2 is 2.14 bits per heavy atom. The molecule has 0 saturated heterocycles. The van der Waals surface area contributed by atoms with Gasteiger partial charge in [0.25, 0.3) is 5.91 Å². The van der Waals surface area contributed by atoms with Crippen LogP contribution in [-0.2, 0) is 4.79 Å². The number of benzene rings is 1. The highest BCUT2D eigenvalue weighted by atomic mass is 16.2. The van der Waals surface area contributed by atoms with E-state index in [0.717, 1.165) is 18.4 Å². The number of aryl methyl sites for hydroxylation is 1. The number of rotatable bonds is 4.